The Morgan fingerprint density at radius 3 is 2.74 bits per heavy atom. The number of carbonyl (C=O) groups excluding carboxylic acids is 2. The molecular formula is C12H17NO5S. The van der Waals surface area contributed by atoms with E-state index in [1.54, 1.807) is 0 Å². The van der Waals surface area contributed by atoms with Gasteiger partial charge in [0.05, 0.1) is 13.2 Å². The molecule has 2 unspecified atom stereocenters. The van der Waals surface area contributed by atoms with Crippen molar-refractivity contribution in [2.75, 3.05) is 12.9 Å². The second-order valence-corrected chi connectivity index (χ2v) is 5.25. The van der Waals surface area contributed by atoms with Crippen molar-refractivity contribution in [1.82, 2.24) is 4.98 Å². The molecule has 1 rings (SSSR count). The minimum absolute atomic E-state index is 0.0312. The van der Waals surface area contributed by atoms with Crippen molar-refractivity contribution in [3.63, 3.8) is 0 Å². The smallest absolute Gasteiger partial charge is 0.354 e. The normalized spacial score (nSPS) is 13.9. The number of aromatic amines is 1. The summed E-state index contributed by atoms with van der Waals surface area (Å²) in [5.74, 6) is -0.109. The first kappa shape index (κ1) is 15.7. The molecule has 106 valence electrons. The molecule has 2 atom stereocenters. The number of H-pyrrole nitrogens is 1. The zero-order valence-corrected chi connectivity index (χ0v) is 11.6. The standard InChI is InChI=1S/C12H17NO5S/c1-7(14)19-4-3-10(15)11(16)8-5-9(13-6-8)12(17)18-2/h5-6,10-11,13,15-16H,3-4H2,1-2H3. The van der Waals surface area contributed by atoms with Gasteiger partial charge in [0, 0.05) is 24.4 Å². The summed E-state index contributed by atoms with van der Waals surface area (Å²) in [4.78, 5) is 24.6. The highest BCUT2D eigenvalue weighted by molar-refractivity contribution is 8.13. The number of aromatic nitrogens is 1. The Balaban J connectivity index is 2.56. The van der Waals surface area contributed by atoms with Gasteiger partial charge in [-0.3, -0.25) is 4.79 Å². The molecule has 0 saturated carbocycles. The van der Waals surface area contributed by atoms with Crippen LogP contribution in [0, 0.1) is 0 Å². The van der Waals surface area contributed by atoms with Crippen molar-refractivity contribution >= 4 is 22.8 Å². The molecule has 0 fully saturated rings. The third-order valence-corrected chi connectivity index (χ3v) is 3.38. The molecule has 7 heteroatoms. The number of hydrogen-bond acceptors (Lipinski definition) is 6. The number of ether oxygens (including phenoxy) is 1. The molecule has 0 bridgehead atoms. The average molecular weight is 287 g/mol. The summed E-state index contributed by atoms with van der Waals surface area (Å²) in [6.07, 6.45) is -0.377. The van der Waals surface area contributed by atoms with E-state index in [1.165, 1.54) is 26.3 Å². The molecule has 0 aliphatic heterocycles. The maximum absolute atomic E-state index is 11.2. The van der Waals surface area contributed by atoms with Crippen molar-refractivity contribution < 1.29 is 24.5 Å². The van der Waals surface area contributed by atoms with E-state index < -0.39 is 18.2 Å². The lowest BCUT2D eigenvalue weighted by Crippen LogP contribution is -2.18. The van der Waals surface area contributed by atoms with Gasteiger partial charge in [-0.1, -0.05) is 11.8 Å². The van der Waals surface area contributed by atoms with Gasteiger partial charge in [0.25, 0.3) is 0 Å². The van der Waals surface area contributed by atoms with E-state index in [9.17, 15) is 19.8 Å². The van der Waals surface area contributed by atoms with Gasteiger partial charge >= 0.3 is 5.97 Å². The fraction of sp³-hybridized carbons (Fsp3) is 0.500. The minimum Gasteiger partial charge on any atom is -0.464 e. The molecular weight excluding hydrogens is 270 g/mol. The second kappa shape index (κ2) is 7.32. The van der Waals surface area contributed by atoms with Gasteiger partial charge in [-0.2, -0.15) is 0 Å². The molecule has 6 nitrogen and oxygen atoms in total. The van der Waals surface area contributed by atoms with Gasteiger partial charge in [0.15, 0.2) is 5.12 Å². The number of esters is 1. The largest absolute Gasteiger partial charge is 0.464 e. The Kier molecular flexibility index (Phi) is 6.07. The van der Waals surface area contributed by atoms with Crippen LogP contribution in [0.5, 0.6) is 0 Å². The molecule has 0 radical (unpaired) electrons. The first-order valence-corrected chi connectivity index (χ1v) is 6.70. The van der Waals surface area contributed by atoms with Gasteiger partial charge < -0.3 is 19.9 Å². The molecule has 0 aliphatic rings. The van der Waals surface area contributed by atoms with Crippen LogP contribution in [0.3, 0.4) is 0 Å². The number of nitrogens with one attached hydrogen (secondary N) is 1. The average Bonchev–Trinajstić information content (AvgIpc) is 2.85. The topological polar surface area (TPSA) is 99.6 Å². The van der Waals surface area contributed by atoms with E-state index in [4.69, 9.17) is 0 Å². The molecule has 0 spiro atoms. The summed E-state index contributed by atoms with van der Waals surface area (Å²) in [6, 6.07) is 1.43. The van der Waals surface area contributed by atoms with E-state index in [0.717, 1.165) is 11.8 Å². The zero-order valence-electron chi connectivity index (χ0n) is 10.8. The lowest BCUT2D eigenvalue weighted by Gasteiger charge is -2.16. The number of aliphatic hydroxyl groups excluding tert-OH is 2. The fourth-order valence-electron chi connectivity index (χ4n) is 1.51. The van der Waals surface area contributed by atoms with Crippen LogP contribution in [0.15, 0.2) is 12.3 Å². The van der Waals surface area contributed by atoms with Crippen LogP contribution in [0.25, 0.3) is 0 Å². The summed E-state index contributed by atoms with van der Waals surface area (Å²) >= 11 is 1.09. The number of methoxy groups -OCH3 is 1. The van der Waals surface area contributed by atoms with Crippen molar-refractivity contribution in [3.8, 4) is 0 Å². The molecule has 3 N–H and O–H groups in total. The third-order valence-electron chi connectivity index (χ3n) is 2.54. The van der Waals surface area contributed by atoms with Crippen LogP contribution in [0.4, 0.5) is 0 Å². The van der Waals surface area contributed by atoms with E-state index >= 15 is 0 Å². The second-order valence-electron chi connectivity index (χ2n) is 3.98. The molecule has 0 amide bonds. The lowest BCUT2D eigenvalue weighted by molar-refractivity contribution is -0.109. The summed E-state index contributed by atoms with van der Waals surface area (Å²) in [5.41, 5.74) is 0.614. The maximum Gasteiger partial charge on any atom is 0.354 e. The first-order chi connectivity index (χ1) is 8.95. The molecule has 0 saturated heterocycles. The van der Waals surface area contributed by atoms with Crippen molar-refractivity contribution in [2.45, 2.75) is 25.6 Å². The van der Waals surface area contributed by atoms with Crippen LogP contribution >= 0.6 is 11.8 Å². The van der Waals surface area contributed by atoms with Gasteiger partial charge in [0.2, 0.25) is 0 Å². The van der Waals surface area contributed by atoms with E-state index in [0.29, 0.717) is 11.3 Å². The van der Waals surface area contributed by atoms with Gasteiger partial charge in [-0.25, -0.2) is 4.79 Å². The summed E-state index contributed by atoms with van der Waals surface area (Å²) in [5, 5.41) is 19.7. The number of aliphatic hydroxyl groups is 2. The Bertz CT molecular complexity index is 445. The third kappa shape index (κ3) is 4.70. The first-order valence-electron chi connectivity index (χ1n) is 5.71. The molecule has 1 heterocycles. The molecule has 0 aromatic carbocycles. The highest BCUT2D eigenvalue weighted by Crippen LogP contribution is 2.21. The van der Waals surface area contributed by atoms with Crippen LogP contribution in [0.2, 0.25) is 0 Å². The van der Waals surface area contributed by atoms with Crippen molar-refractivity contribution in [2.24, 2.45) is 0 Å². The predicted octanol–water partition coefficient (Wildman–Crippen LogP) is 0.865. The van der Waals surface area contributed by atoms with E-state index in [-0.39, 0.29) is 17.2 Å². The Hall–Kier alpha value is -1.31. The summed E-state index contributed by atoms with van der Waals surface area (Å²) in [6.45, 7) is 1.45. The van der Waals surface area contributed by atoms with Crippen LogP contribution in [-0.2, 0) is 9.53 Å². The van der Waals surface area contributed by atoms with Gasteiger partial charge in [-0.15, -0.1) is 0 Å². The summed E-state index contributed by atoms with van der Waals surface area (Å²) < 4.78 is 4.53. The molecule has 1 aromatic rings. The minimum atomic E-state index is -1.11. The maximum atomic E-state index is 11.2. The number of carbonyl (C=O) groups is 2. The van der Waals surface area contributed by atoms with Crippen LogP contribution in [0.1, 0.15) is 35.5 Å². The number of rotatable bonds is 6. The van der Waals surface area contributed by atoms with E-state index in [1.807, 2.05) is 0 Å². The quantitative estimate of drug-likeness (QED) is 0.671. The highest BCUT2D eigenvalue weighted by Gasteiger charge is 2.21. The van der Waals surface area contributed by atoms with Crippen molar-refractivity contribution in [3.05, 3.63) is 23.5 Å². The molecule has 19 heavy (non-hydrogen) atoms. The molecule has 0 aliphatic carbocycles. The Morgan fingerprint density at radius 2 is 2.16 bits per heavy atom. The Morgan fingerprint density at radius 1 is 1.47 bits per heavy atom. The highest BCUT2D eigenvalue weighted by atomic mass is 32.2. The Labute approximate surface area is 115 Å². The number of thioether (sulfide) groups is 1. The van der Waals surface area contributed by atoms with Crippen molar-refractivity contribution in [1.29, 1.82) is 0 Å². The van der Waals surface area contributed by atoms with E-state index in [2.05, 4.69) is 9.72 Å². The summed E-state index contributed by atoms with van der Waals surface area (Å²) in [7, 11) is 1.26. The molecule has 1 aromatic heterocycles. The SMILES string of the molecule is COC(=O)c1cc(C(O)C(O)CCSC(C)=O)c[nH]1. The lowest BCUT2D eigenvalue weighted by atomic mass is 10.1. The monoisotopic (exact) mass is 287 g/mol. The van der Waals surface area contributed by atoms with Gasteiger partial charge in [0.1, 0.15) is 11.8 Å². The van der Waals surface area contributed by atoms with Crippen LogP contribution in [-0.4, -0.2) is 45.2 Å². The number of hydrogen-bond donors (Lipinski definition) is 3. The zero-order chi connectivity index (χ0) is 14.4. The fourth-order valence-corrected chi connectivity index (χ4v) is 2.16. The van der Waals surface area contributed by atoms with Crippen LogP contribution < -0.4 is 0 Å². The van der Waals surface area contributed by atoms with Gasteiger partial charge in [-0.05, 0) is 12.5 Å². The predicted molar refractivity (Wildman–Crippen MR) is 70.9 cm³/mol.